The molecule has 3 heterocycles. The molecular weight excluding hydrogens is 348 g/mol. The van der Waals surface area contributed by atoms with Gasteiger partial charge in [-0.15, -0.1) is 0 Å². The normalized spacial score (nSPS) is 22.9. The van der Waals surface area contributed by atoms with E-state index in [1.807, 2.05) is 35.4 Å². The lowest BCUT2D eigenvalue weighted by Crippen LogP contribution is -2.31. The number of nitrogens with zero attached hydrogens (tertiary/aromatic N) is 2. The van der Waals surface area contributed by atoms with Crippen molar-refractivity contribution in [2.45, 2.75) is 38.1 Å². The number of rotatable bonds is 5. The second-order valence-corrected chi connectivity index (χ2v) is 7.77. The Labute approximate surface area is 159 Å². The molecule has 5 nitrogen and oxygen atoms in total. The zero-order chi connectivity index (χ0) is 17.9. The fourth-order valence-electron chi connectivity index (χ4n) is 4.06. The number of imidazole rings is 1. The molecule has 2 fully saturated rings. The molecule has 2 atom stereocenters. The van der Waals surface area contributed by atoms with Crippen LogP contribution in [0.15, 0.2) is 30.5 Å². The number of aromatic nitrogens is 2. The average molecular weight is 373 g/mol. The van der Waals surface area contributed by atoms with Crippen LogP contribution >= 0.6 is 11.6 Å². The van der Waals surface area contributed by atoms with E-state index in [9.17, 15) is 4.79 Å². The molecule has 0 bridgehead atoms. The Morgan fingerprint density at radius 1 is 1.27 bits per heavy atom. The molecule has 2 saturated heterocycles. The first-order valence-electron chi connectivity index (χ1n) is 9.52. The number of H-pyrrole nitrogens is 1. The molecule has 26 heavy (non-hydrogen) atoms. The van der Waals surface area contributed by atoms with Crippen molar-refractivity contribution in [2.24, 2.45) is 5.92 Å². The largest absolute Gasteiger partial charge is 0.340 e. The summed E-state index contributed by atoms with van der Waals surface area (Å²) in [5.41, 5.74) is 2.02. The summed E-state index contributed by atoms with van der Waals surface area (Å²) in [6.07, 6.45) is 6.70. The van der Waals surface area contributed by atoms with E-state index in [4.69, 9.17) is 11.6 Å². The Bertz CT molecular complexity index is 751. The van der Waals surface area contributed by atoms with Crippen molar-refractivity contribution >= 4 is 17.5 Å². The van der Waals surface area contributed by atoms with Gasteiger partial charge in [-0.2, -0.15) is 0 Å². The monoisotopic (exact) mass is 372 g/mol. The summed E-state index contributed by atoms with van der Waals surface area (Å²) in [4.78, 5) is 22.8. The predicted molar refractivity (Wildman–Crippen MR) is 103 cm³/mol. The Balaban J connectivity index is 1.42. The minimum absolute atomic E-state index is 0.0743. The molecule has 6 heteroatoms. The number of likely N-dealkylation sites (tertiary alicyclic amines) is 1. The molecule has 0 spiro atoms. The van der Waals surface area contributed by atoms with E-state index in [0.717, 1.165) is 61.0 Å². The molecule has 0 aliphatic carbocycles. The van der Waals surface area contributed by atoms with Gasteiger partial charge in [-0.05, 0) is 62.4 Å². The van der Waals surface area contributed by atoms with E-state index >= 15 is 0 Å². The van der Waals surface area contributed by atoms with Crippen LogP contribution in [0.2, 0.25) is 5.02 Å². The van der Waals surface area contributed by atoms with Gasteiger partial charge in [-0.25, -0.2) is 4.98 Å². The quantitative estimate of drug-likeness (QED) is 0.839. The first kappa shape index (κ1) is 17.6. The van der Waals surface area contributed by atoms with Crippen LogP contribution in [-0.2, 0) is 4.79 Å². The zero-order valence-electron chi connectivity index (χ0n) is 14.9. The molecule has 2 aliphatic rings. The van der Waals surface area contributed by atoms with Gasteiger partial charge in [0.25, 0.3) is 0 Å². The number of hydrogen-bond donors (Lipinski definition) is 2. The van der Waals surface area contributed by atoms with Crippen molar-refractivity contribution in [3.63, 3.8) is 0 Å². The van der Waals surface area contributed by atoms with Gasteiger partial charge in [-0.3, -0.25) is 4.79 Å². The summed E-state index contributed by atoms with van der Waals surface area (Å²) in [5.74, 6) is 1.81. The molecule has 1 aromatic heterocycles. The van der Waals surface area contributed by atoms with E-state index in [0.29, 0.717) is 12.3 Å². The molecule has 2 aromatic rings. The van der Waals surface area contributed by atoms with Gasteiger partial charge in [0, 0.05) is 18.0 Å². The topological polar surface area (TPSA) is 61.0 Å². The molecule has 1 amide bonds. The van der Waals surface area contributed by atoms with Gasteiger partial charge in [-0.1, -0.05) is 23.7 Å². The van der Waals surface area contributed by atoms with Crippen LogP contribution in [0, 0.1) is 5.92 Å². The average Bonchev–Trinajstić information content (AvgIpc) is 3.40. The Morgan fingerprint density at radius 3 is 2.88 bits per heavy atom. The van der Waals surface area contributed by atoms with Gasteiger partial charge in [0.15, 0.2) is 0 Å². The third kappa shape index (κ3) is 3.79. The fraction of sp³-hybridized carbons (Fsp3) is 0.500. The van der Waals surface area contributed by atoms with Crippen molar-refractivity contribution < 1.29 is 4.79 Å². The molecule has 2 aliphatic heterocycles. The lowest BCUT2D eigenvalue weighted by Gasteiger charge is -2.24. The lowest BCUT2D eigenvalue weighted by atomic mass is 10.0. The molecule has 0 radical (unpaired) electrons. The second-order valence-electron chi connectivity index (χ2n) is 7.33. The summed E-state index contributed by atoms with van der Waals surface area (Å²) in [6.45, 7) is 2.98. The van der Waals surface area contributed by atoms with Crippen molar-refractivity contribution in [1.82, 2.24) is 20.2 Å². The van der Waals surface area contributed by atoms with Gasteiger partial charge in [0.2, 0.25) is 5.91 Å². The number of carbonyl (C=O) groups excluding carboxylic acids is 1. The molecule has 1 aromatic carbocycles. The zero-order valence-corrected chi connectivity index (χ0v) is 15.6. The van der Waals surface area contributed by atoms with Crippen LogP contribution in [0.1, 0.15) is 44.0 Å². The minimum atomic E-state index is 0.0743. The highest BCUT2D eigenvalue weighted by molar-refractivity contribution is 6.30. The van der Waals surface area contributed by atoms with E-state index in [1.54, 1.807) is 0 Å². The van der Waals surface area contributed by atoms with Crippen molar-refractivity contribution in [2.75, 3.05) is 19.6 Å². The maximum atomic E-state index is 12.7. The fourth-order valence-corrected chi connectivity index (χ4v) is 4.19. The Hall–Kier alpha value is -1.85. The van der Waals surface area contributed by atoms with Crippen LogP contribution in [-0.4, -0.2) is 40.4 Å². The minimum Gasteiger partial charge on any atom is -0.340 e. The van der Waals surface area contributed by atoms with Crippen LogP contribution in [0.4, 0.5) is 0 Å². The highest BCUT2D eigenvalue weighted by Crippen LogP contribution is 2.32. The van der Waals surface area contributed by atoms with E-state index < -0.39 is 0 Å². The third-order valence-corrected chi connectivity index (χ3v) is 5.82. The second kappa shape index (κ2) is 7.80. The summed E-state index contributed by atoms with van der Waals surface area (Å²) in [7, 11) is 0. The number of nitrogens with one attached hydrogen (secondary N) is 2. The highest BCUT2D eigenvalue weighted by atomic mass is 35.5. The molecule has 0 saturated carbocycles. The number of halogens is 1. The number of benzene rings is 1. The van der Waals surface area contributed by atoms with Gasteiger partial charge in [0.05, 0.1) is 17.9 Å². The lowest BCUT2D eigenvalue weighted by molar-refractivity contribution is -0.132. The van der Waals surface area contributed by atoms with Crippen LogP contribution in [0.25, 0.3) is 11.3 Å². The maximum Gasteiger partial charge on any atom is 0.223 e. The number of amides is 1. The molecular formula is C20H25ClN4O. The highest BCUT2D eigenvalue weighted by Gasteiger charge is 2.32. The molecule has 2 unspecified atom stereocenters. The first-order valence-corrected chi connectivity index (χ1v) is 9.89. The Kier molecular flexibility index (Phi) is 5.27. The van der Waals surface area contributed by atoms with Crippen LogP contribution in [0.3, 0.4) is 0 Å². The number of aromatic amines is 1. The standard InChI is InChI=1S/C20H25ClN4O/c21-16-6-4-15(5-7-16)17-13-23-20(24-17)18-2-1-11-25(18)19(26)8-3-14-9-10-22-12-14/h4-7,13-14,18,22H,1-3,8-12H2,(H,23,24). The van der Waals surface area contributed by atoms with Crippen LogP contribution in [0.5, 0.6) is 0 Å². The summed E-state index contributed by atoms with van der Waals surface area (Å²) in [5, 5.41) is 4.09. The van der Waals surface area contributed by atoms with Gasteiger partial charge < -0.3 is 15.2 Å². The van der Waals surface area contributed by atoms with Crippen molar-refractivity contribution in [3.05, 3.63) is 41.3 Å². The smallest absolute Gasteiger partial charge is 0.223 e. The van der Waals surface area contributed by atoms with Crippen molar-refractivity contribution in [3.8, 4) is 11.3 Å². The number of hydrogen-bond acceptors (Lipinski definition) is 3. The van der Waals surface area contributed by atoms with Crippen LogP contribution < -0.4 is 5.32 Å². The summed E-state index contributed by atoms with van der Waals surface area (Å²) >= 11 is 5.96. The molecule has 4 rings (SSSR count). The van der Waals surface area contributed by atoms with E-state index in [2.05, 4.69) is 15.3 Å². The Morgan fingerprint density at radius 2 is 2.12 bits per heavy atom. The van der Waals surface area contributed by atoms with Gasteiger partial charge in [0.1, 0.15) is 5.82 Å². The third-order valence-electron chi connectivity index (χ3n) is 5.57. The van der Waals surface area contributed by atoms with Crippen molar-refractivity contribution in [1.29, 1.82) is 0 Å². The molecule has 2 N–H and O–H groups in total. The van der Waals surface area contributed by atoms with Gasteiger partial charge >= 0.3 is 0 Å². The first-order chi connectivity index (χ1) is 12.7. The van der Waals surface area contributed by atoms with E-state index in [-0.39, 0.29) is 11.9 Å². The molecule has 138 valence electrons. The predicted octanol–water partition coefficient (Wildman–Crippen LogP) is 3.78. The summed E-state index contributed by atoms with van der Waals surface area (Å²) in [6, 6.07) is 7.78. The van der Waals surface area contributed by atoms with E-state index in [1.165, 1.54) is 6.42 Å². The SMILES string of the molecule is O=C(CCC1CCNC1)N1CCCC1c1ncc(-c2ccc(Cl)cc2)[nH]1. The number of carbonyl (C=O) groups is 1. The summed E-state index contributed by atoms with van der Waals surface area (Å²) < 4.78 is 0. The maximum absolute atomic E-state index is 12.7.